The summed E-state index contributed by atoms with van der Waals surface area (Å²) in [6, 6.07) is 0. The Labute approximate surface area is 366 Å². The van der Waals surface area contributed by atoms with Crippen LogP contribution >= 0.6 is 0 Å². The Bertz CT molecular complexity index is 1030. The Morgan fingerprint density at radius 2 is 0.917 bits per heavy atom. The predicted molar refractivity (Wildman–Crippen MR) is 243 cm³/mol. The topological polar surface area (TPSA) is 152 Å². The molecule has 0 aromatic rings. The SMILES string of the molecule is CCCCCC/C=C/C=C/CCCCCCCC(=O)O[C@@H](COC(=O)CCCCCCCCCCCCCCCCCCCCCC)CO[C@H]1O[C@@H](CO)[C@@H](O)C(O)C1O. The van der Waals surface area contributed by atoms with Crippen molar-refractivity contribution in [3.05, 3.63) is 24.3 Å². The summed E-state index contributed by atoms with van der Waals surface area (Å²) in [5, 5.41) is 40.1. The van der Waals surface area contributed by atoms with E-state index in [1.54, 1.807) is 0 Å². The Morgan fingerprint density at radius 3 is 1.37 bits per heavy atom. The van der Waals surface area contributed by atoms with Gasteiger partial charge in [0, 0.05) is 12.8 Å². The van der Waals surface area contributed by atoms with E-state index in [0.717, 1.165) is 57.8 Å². The fourth-order valence-electron chi connectivity index (χ4n) is 7.65. The molecule has 0 radical (unpaired) electrons. The maximum Gasteiger partial charge on any atom is 0.306 e. The van der Waals surface area contributed by atoms with Gasteiger partial charge in [-0.25, -0.2) is 0 Å². The highest BCUT2D eigenvalue weighted by Gasteiger charge is 2.44. The molecule has 10 heteroatoms. The second-order valence-corrected chi connectivity index (χ2v) is 17.3. The average molecular weight is 853 g/mol. The van der Waals surface area contributed by atoms with Gasteiger partial charge >= 0.3 is 11.9 Å². The van der Waals surface area contributed by atoms with Gasteiger partial charge in [0.15, 0.2) is 12.4 Å². The number of aliphatic hydroxyl groups excluding tert-OH is 4. The van der Waals surface area contributed by atoms with E-state index in [9.17, 15) is 30.0 Å². The summed E-state index contributed by atoms with van der Waals surface area (Å²) in [4.78, 5) is 25.4. The highest BCUT2D eigenvalue weighted by Crippen LogP contribution is 2.23. The Balaban J connectivity index is 2.26. The van der Waals surface area contributed by atoms with Crippen molar-refractivity contribution >= 4 is 11.9 Å². The molecule has 10 nitrogen and oxygen atoms in total. The first-order valence-corrected chi connectivity index (χ1v) is 24.9. The van der Waals surface area contributed by atoms with Gasteiger partial charge in [-0.1, -0.05) is 199 Å². The Morgan fingerprint density at radius 1 is 0.517 bits per heavy atom. The number of carbonyl (C=O) groups is 2. The summed E-state index contributed by atoms with van der Waals surface area (Å²) in [7, 11) is 0. The Hall–Kier alpha value is -1.82. The summed E-state index contributed by atoms with van der Waals surface area (Å²) >= 11 is 0. The molecule has 60 heavy (non-hydrogen) atoms. The standard InChI is InChI=1S/C50H92O10/c1-3-5-7-9-11-13-15-17-19-20-21-22-23-25-26-28-30-32-34-36-38-45(52)57-41-43(42-58-50-49(56)48(55)47(54)44(40-51)60-50)59-46(53)39-37-35-33-31-29-27-24-18-16-14-12-10-8-6-4-2/h14,16,18,24,43-44,47-51,54-56H,3-13,15,17,19-23,25-42H2,1-2H3/b16-14+,24-18+/t43-,44-,47+,48?,49?,50-/m0/s1. The number of unbranched alkanes of at least 4 members (excludes halogenated alkanes) is 28. The summed E-state index contributed by atoms with van der Waals surface area (Å²) in [5.74, 6) is -0.813. The van der Waals surface area contributed by atoms with Gasteiger partial charge in [0.2, 0.25) is 0 Å². The molecular weight excluding hydrogens is 761 g/mol. The molecule has 1 aliphatic rings. The molecule has 0 amide bonds. The molecule has 0 saturated carbocycles. The minimum atomic E-state index is -1.60. The molecule has 4 N–H and O–H groups in total. The number of rotatable bonds is 42. The van der Waals surface area contributed by atoms with Crippen LogP contribution in [-0.2, 0) is 28.5 Å². The lowest BCUT2D eigenvalue weighted by Crippen LogP contribution is -2.59. The van der Waals surface area contributed by atoms with Crippen molar-refractivity contribution in [2.45, 2.75) is 263 Å². The van der Waals surface area contributed by atoms with E-state index in [-0.39, 0.29) is 32.0 Å². The highest BCUT2D eigenvalue weighted by molar-refractivity contribution is 5.70. The van der Waals surface area contributed by atoms with E-state index in [2.05, 4.69) is 38.2 Å². The van der Waals surface area contributed by atoms with Crippen LogP contribution in [0.3, 0.4) is 0 Å². The van der Waals surface area contributed by atoms with Crippen LogP contribution in [0.1, 0.15) is 226 Å². The van der Waals surface area contributed by atoms with Gasteiger partial charge in [-0.05, 0) is 38.5 Å². The lowest BCUT2D eigenvalue weighted by molar-refractivity contribution is -0.305. The molecule has 0 aliphatic carbocycles. The number of allylic oxidation sites excluding steroid dienone is 4. The van der Waals surface area contributed by atoms with Crippen LogP contribution in [0.2, 0.25) is 0 Å². The number of hydrogen-bond donors (Lipinski definition) is 4. The van der Waals surface area contributed by atoms with Gasteiger partial charge in [-0.2, -0.15) is 0 Å². The van der Waals surface area contributed by atoms with Crippen LogP contribution < -0.4 is 0 Å². The molecule has 2 unspecified atom stereocenters. The number of aliphatic hydroxyl groups is 4. The first-order valence-electron chi connectivity index (χ1n) is 24.9. The molecule has 0 bridgehead atoms. The van der Waals surface area contributed by atoms with E-state index >= 15 is 0 Å². The van der Waals surface area contributed by atoms with Crippen molar-refractivity contribution in [3.8, 4) is 0 Å². The second-order valence-electron chi connectivity index (χ2n) is 17.3. The van der Waals surface area contributed by atoms with Gasteiger partial charge < -0.3 is 39.4 Å². The third-order valence-corrected chi connectivity index (χ3v) is 11.6. The molecule has 0 spiro atoms. The fourth-order valence-corrected chi connectivity index (χ4v) is 7.65. The van der Waals surface area contributed by atoms with Crippen molar-refractivity contribution in [2.24, 2.45) is 0 Å². The molecular formula is C50H92O10. The zero-order valence-electron chi connectivity index (χ0n) is 38.5. The van der Waals surface area contributed by atoms with Crippen LogP contribution in [0.4, 0.5) is 0 Å². The maximum absolute atomic E-state index is 12.8. The molecule has 352 valence electrons. The maximum atomic E-state index is 12.8. The quantitative estimate of drug-likeness (QED) is 0.0265. The predicted octanol–water partition coefficient (Wildman–Crippen LogP) is 11.3. The number of ether oxygens (including phenoxy) is 4. The monoisotopic (exact) mass is 853 g/mol. The minimum absolute atomic E-state index is 0.215. The fraction of sp³-hybridized carbons (Fsp3) is 0.880. The van der Waals surface area contributed by atoms with E-state index in [1.807, 2.05) is 0 Å². The van der Waals surface area contributed by atoms with E-state index in [1.165, 1.54) is 135 Å². The third-order valence-electron chi connectivity index (χ3n) is 11.6. The van der Waals surface area contributed by atoms with E-state index in [4.69, 9.17) is 18.9 Å². The lowest BCUT2D eigenvalue weighted by atomic mass is 9.99. The number of esters is 2. The van der Waals surface area contributed by atoms with E-state index in [0.29, 0.717) is 6.42 Å². The van der Waals surface area contributed by atoms with Crippen LogP contribution in [0, 0.1) is 0 Å². The smallest absolute Gasteiger partial charge is 0.306 e. The number of carbonyl (C=O) groups excluding carboxylic acids is 2. The average Bonchev–Trinajstić information content (AvgIpc) is 3.25. The minimum Gasteiger partial charge on any atom is -0.462 e. The molecule has 1 heterocycles. The zero-order chi connectivity index (χ0) is 43.7. The third kappa shape index (κ3) is 31.9. The molecule has 1 aliphatic heterocycles. The largest absolute Gasteiger partial charge is 0.462 e. The van der Waals surface area contributed by atoms with Crippen LogP contribution in [0.5, 0.6) is 0 Å². The molecule has 6 atom stereocenters. The summed E-state index contributed by atoms with van der Waals surface area (Å²) in [6.07, 6.45) is 39.0. The van der Waals surface area contributed by atoms with Gasteiger partial charge in [-0.15, -0.1) is 0 Å². The van der Waals surface area contributed by atoms with Gasteiger partial charge in [-0.3, -0.25) is 9.59 Å². The molecule has 1 fully saturated rings. The normalized spacial score (nSPS) is 20.0. The number of hydrogen-bond acceptors (Lipinski definition) is 10. The van der Waals surface area contributed by atoms with Gasteiger partial charge in [0.25, 0.3) is 0 Å². The highest BCUT2D eigenvalue weighted by atomic mass is 16.7. The zero-order valence-corrected chi connectivity index (χ0v) is 38.5. The molecule has 0 aromatic heterocycles. The first-order chi connectivity index (χ1) is 29.3. The van der Waals surface area contributed by atoms with Crippen LogP contribution in [0.25, 0.3) is 0 Å². The molecule has 0 aromatic carbocycles. The van der Waals surface area contributed by atoms with E-state index < -0.39 is 49.4 Å². The Kier molecular flexibility index (Phi) is 38.6. The van der Waals surface area contributed by atoms with Crippen molar-refractivity contribution < 1.29 is 49.0 Å². The van der Waals surface area contributed by atoms with Crippen molar-refractivity contribution in [1.82, 2.24) is 0 Å². The summed E-state index contributed by atoms with van der Waals surface area (Å²) < 4.78 is 22.2. The first kappa shape index (κ1) is 56.2. The van der Waals surface area contributed by atoms with Crippen LogP contribution in [0.15, 0.2) is 24.3 Å². The lowest BCUT2D eigenvalue weighted by Gasteiger charge is -2.39. The molecule has 1 rings (SSSR count). The summed E-state index contributed by atoms with van der Waals surface area (Å²) in [5.41, 5.74) is 0. The second kappa shape index (κ2) is 41.2. The van der Waals surface area contributed by atoms with Crippen LogP contribution in [-0.4, -0.2) is 89.0 Å². The van der Waals surface area contributed by atoms with Crippen molar-refractivity contribution in [1.29, 1.82) is 0 Å². The van der Waals surface area contributed by atoms with Gasteiger partial charge in [0.1, 0.15) is 31.0 Å². The van der Waals surface area contributed by atoms with Crippen molar-refractivity contribution in [2.75, 3.05) is 19.8 Å². The summed E-state index contributed by atoms with van der Waals surface area (Å²) in [6.45, 7) is 3.42. The van der Waals surface area contributed by atoms with Gasteiger partial charge in [0.05, 0.1) is 13.2 Å². The molecule has 1 saturated heterocycles. The van der Waals surface area contributed by atoms with Crippen molar-refractivity contribution in [3.63, 3.8) is 0 Å².